The summed E-state index contributed by atoms with van der Waals surface area (Å²) >= 11 is 0. The quantitative estimate of drug-likeness (QED) is 0.385. The molecule has 0 spiro atoms. The number of aromatic nitrogens is 1. The monoisotopic (exact) mass is 353 g/mol. The summed E-state index contributed by atoms with van der Waals surface area (Å²) in [6, 6.07) is 9.62. The minimum atomic E-state index is -0.220. The number of hydrogen-bond acceptors (Lipinski definition) is 2. The SMILES string of the molecule is CCCCCCCCC/C=C/Cc1c(O)c(-c2ccccc2)c[nH]c1=O. The second-order valence-corrected chi connectivity index (χ2v) is 6.81. The van der Waals surface area contributed by atoms with Gasteiger partial charge in [0.2, 0.25) is 0 Å². The van der Waals surface area contributed by atoms with E-state index in [4.69, 9.17) is 0 Å². The fraction of sp³-hybridized carbons (Fsp3) is 0.435. The Labute approximate surface area is 156 Å². The van der Waals surface area contributed by atoms with Crippen molar-refractivity contribution in [1.82, 2.24) is 4.98 Å². The van der Waals surface area contributed by atoms with Crippen molar-refractivity contribution in [3.63, 3.8) is 0 Å². The Morgan fingerprint density at radius 2 is 1.65 bits per heavy atom. The van der Waals surface area contributed by atoms with Gasteiger partial charge in [-0.2, -0.15) is 0 Å². The van der Waals surface area contributed by atoms with E-state index in [1.54, 1.807) is 6.20 Å². The predicted octanol–water partition coefficient (Wildman–Crippen LogP) is 5.99. The van der Waals surface area contributed by atoms with Crippen LogP contribution in [0.25, 0.3) is 11.1 Å². The van der Waals surface area contributed by atoms with Crippen LogP contribution in [0.3, 0.4) is 0 Å². The Morgan fingerprint density at radius 3 is 2.38 bits per heavy atom. The van der Waals surface area contributed by atoms with Crippen molar-refractivity contribution in [3.05, 3.63) is 64.6 Å². The van der Waals surface area contributed by atoms with E-state index in [2.05, 4.69) is 18.0 Å². The molecule has 2 rings (SSSR count). The average molecular weight is 354 g/mol. The Bertz CT molecular complexity index is 732. The number of hydrogen-bond donors (Lipinski definition) is 2. The Balaban J connectivity index is 1.85. The molecule has 0 amide bonds. The maximum absolute atomic E-state index is 12.1. The molecule has 1 aromatic heterocycles. The average Bonchev–Trinajstić information content (AvgIpc) is 2.66. The first-order valence-electron chi connectivity index (χ1n) is 9.88. The van der Waals surface area contributed by atoms with Crippen LogP contribution in [0.4, 0.5) is 0 Å². The molecule has 0 aliphatic rings. The number of unbranched alkanes of at least 4 members (excludes halogenated alkanes) is 7. The van der Waals surface area contributed by atoms with Gasteiger partial charge in [0.15, 0.2) is 0 Å². The zero-order valence-corrected chi connectivity index (χ0v) is 15.8. The lowest BCUT2D eigenvalue weighted by atomic mass is 10.0. The number of pyridine rings is 1. The minimum Gasteiger partial charge on any atom is -0.507 e. The second-order valence-electron chi connectivity index (χ2n) is 6.81. The lowest BCUT2D eigenvalue weighted by molar-refractivity contribution is 0.469. The van der Waals surface area contributed by atoms with Gasteiger partial charge in [0.05, 0.1) is 5.56 Å². The Morgan fingerprint density at radius 1 is 0.962 bits per heavy atom. The van der Waals surface area contributed by atoms with Gasteiger partial charge in [0, 0.05) is 11.8 Å². The molecule has 0 saturated heterocycles. The van der Waals surface area contributed by atoms with Gasteiger partial charge < -0.3 is 10.1 Å². The van der Waals surface area contributed by atoms with Crippen LogP contribution in [-0.4, -0.2) is 10.1 Å². The summed E-state index contributed by atoms with van der Waals surface area (Å²) in [5.41, 5.74) is 1.78. The molecule has 0 saturated carbocycles. The Hall–Kier alpha value is -2.29. The van der Waals surface area contributed by atoms with E-state index in [0.717, 1.165) is 12.0 Å². The molecular formula is C23H31NO2. The standard InChI is InChI=1S/C23H31NO2/c1-2-3-4-5-6-7-8-9-10-14-17-20-22(25)21(18-24-23(20)26)19-15-12-11-13-16-19/h10-16,18H,2-9,17H2,1H3,(H2,24,25,26)/b14-10+. The summed E-state index contributed by atoms with van der Waals surface area (Å²) in [5.74, 6) is 0.0838. The highest BCUT2D eigenvalue weighted by atomic mass is 16.3. The van der Waals surface area contributed by atoms with Gasteiger partial charge in [0.1, 0.15) is 5.75 Å². The van der Waals surface area contributed by atoms with E-state index in [1.165, 1.54) is 44.9 Å². The molecule has 1 heterocycles. The van der Waals surface area contributed by atoms with Crippen molar-refractivity contribution in [2.24, 2.45) is 0 Å². The van der Waals surface area contributed by atoms with Gasteiger partial charge in [0.25, 0.3) is 5.56 Å². The molecule has 2 aromatic rings. The van der Waals surface area contributed by atoms with E-state index in [9.17, 15) is 9.90 Å². The molecule has 0 radical (unpaired) electrons. The molecule has 1 aromatic carbocycles. The summed E-state index contributed by atoms with van der Waals surface area (Å²) in [6.45, 7) is 2.24. The number of aromatic amines is 1. The second kappa shape index (κ2) is 11.3. The molecule has 0 unspecified atom stereocenters. The van der Waals surface area contributed by atoms with E-state index >= 15 is 0 Å². The summed E-state index contributed by atoms with van der Waals surface area (Å²) in [4.78, 5) is 14.8. The van der Waals surface area contributed by atoms with Crippen LogP contribution >= 0.6 is 0 Å². The third-order valence-corrected chi connectivity index (χ3v) is 4.71. The van der Waals surface area contributed by atoms with E-state index in [-0.39, 0.29) is 11.3 Å². The third-order valence-electron chi connectivity index (χ3n) is 4.71. The summed E-state index contributed by atoms with van der Waals surface area (Å²) in [6.07, 6.45) is 16.3. The minimum absolute atomic E-state index is 0.0838. The van der Waals surface area contributed by atoms with Crippen molar-refractivity contribution in [2.45, 2.75) is 64.7 Å². The molecule has 3 heteroatoms. The molecule has 0 aliphatic heterocycles. The van der Waals surface area contributed by atoms with Crippen molar-refractivity contribution in [3.8, 4) is 16.9 Å². The number of aromatic hydroxyl groups is 1. The van der Waals surface area contributed by atoms with Crippen LogP contribution in [0, 0.1) is 0 Å². The van der Waals surface area contributed by atoms with E-state index < -0.39 is 0 Å². The normalized spacial score (nSPS) is 11.3. The van der Waals surface area contributed by atoms with Gasteiger partial charge >= 0.3 is 0 Å². The van der Waals surface area contributed by atoms with Gasteiger partial charge in [-0.25, -0.2) is 0 Å². The lowest BCUT2D eigenvalue weighted by Gasteiger charge is -2.08. The molecule has 26 heavy (non-hydrogen) atoms. The fourth-order valence-corrected chi connectivity index (χ4v) is 3.13. The molecule has 0 aliphatic carbocycles. The Kier molecular flexibility index (Phi) is 8.74. The molecule has 0 fully saturated rings. The number of rotatable bonds is 11. The summed E-state index contributed by atoms with van der Waals surface area (Å²) in [5, 5.41) is 10.5. The van der Waals surface area contributed by atoms with Gasteiger partial charge in [-0.1, -0.05) is 87.9 Å². The maximum atomic E-state index is 12.1. The van der Waals surface area contributed by atoms with E-state index in [1.807, 2.05) is 36.4 Å². The van der Waals surface area contributed by atoms with Gasteiger partial charge in [-0.05, 0) is 24.8 Å². The lowest BCUT2D eigenvalue weighted by Crippen LogP contribution is -2.12. The topological polar surface area (TPSA) is 53.1 Å². The first-order valence-corrected chi connectivity index (χ1v) is 9.88. The van der Waals surface area contributed by atoms with Crippen LogP contribution in [0.1, 0.15) is 63.9 Å². The van der Waals surface area contributed by atoms with Gasteiger partial charge in [-0.15, -0.1) is 0 Å². The highest BCUT2D eigenvalue weighted by Crippen LogP contribution is 2.29. The largest absolute Gasteiger partial charge is 0.507 e. The predicted molar refractivity (Wildman–Crippen MR) is 110 cm³/mol. The van der Waals surface area contributed by atoms with E-state index in [0.29, 0.717) is 17.5 Å². The summed E-state index contributed by atoms with van der Waals surface area (Å²) in [7, 11) is 0. The van der Waals surface area contributed by atoms with Crippen molar-refractivity contribution >= 4 is 0 Å². The van der Waals surface area contributed by atoms with Crippen molar-refractivity contribution < 1.29 is 5.11 Å². The molecular weight excluding hydrogens is 322 g/mol. The van der Waals surface area contributed by atoms with Crippen molar-refractivity contribution in [1.29, 1.82) is 0 Å². The molecule has 0 atom stereocenters. The first-order chi connectivity index (χ1) is 12.7. The third kappa shape index (κ3) is 6.21. The highest BCUT2D eigenvalue weighted by molar-refractivity contribution is 5.70. The van der Waals surface area contributed by atoms with Gasteiger partial charge in [-0.3, -0.25) is 4.79 Å². The number of benzene rings is 1. The smallest absolute Gasteiger partial charge is 0.255 e. The maximum Gasteiger partial charge on any atom is 0.255 e. The fourth-order valence-electron chi connectivity index (χ4n) is 3.13. The summed E-state index contributed by atoms with van der Waals surface area (Å²) < 4.78 is 0. The molecule has 140 valence electrons. The zero-order chi connectivity index (χ0) is 18.6. The van der Waals surface area contributed by atoms with Crippen LogP contribution in [0.5, 0.6) is 5.75 Å². The van der Waals surface area contributed by atoms with Crippen LogP contribution in [0.15, 0.2) is 53.5 Å². The van der Waals surface area contributed by atoms with Crippen LogP contribution < -0.4 is 5.56 Å². The highest BCUT2D eigenvalue weighted by Gasteiger charge is 2.11. The van der Waals surface area contributed by atoms with Crippen LogP contribution in [0.2, 0.25) is 0 Å². The molecule has 3 nitrogen and oxygen atoms in total. The van der Waals surface area contributed by atoms with Crippen LogP contribution in [-0.2, 0) is 6.42 Å². The molecule has 2 N–H and O–H groups in total. The first kappa shape index (κ1) is 20.0. The number of nitrogens with one attached hydrogen (secondary N) is 1. The van der Waals surface area contributed by atoms with Crippen molar-refractivity contribution in [2.75, 3.05) is 0 Å². The number of H-pyrrole nitrogens is 1. The number of allylic oxidation sites excluding steroid dienone is 2. The molecule has 0 bridgehead atoms. The zero-order valence-electron chi connectivity index (χ0n) is 15.8.